The largest absolute Gasteiger partial charge is 0.481 e. The van der Waals surface area contributed by atoms with Crippen LogP contribution in [-0.4, -0.2) is 30.0 Å². The molecule has 1 amide bonds. The number of halogens is 1. The monoisotopic (exact) mass is 267 g/mol. The second-order valence-corrected chi connectivity index (χ2v) is 4.94. The molecule has 2 rings (SSSR count). The number of nitrogens with zero attached hydrogens (tertiary/aromatic N) is 1. The number of likely N-dealkylation sites (tertiary alicyclic amines) is 1. The summed E-state index contributed by atoms with van der Waals surface area (Å²) in [7, 11) is 0. The molecule has 3 nitrogen and oxygen atoms in total. The van der Waals surface area contributed by atoms with E-state index in [4.69, 9.17) is 16.3 Å². The van der Waals surface area contributed by atoms with Crippen molar-refractivity contribution in [1.82, 2.24) is 4.90 Å². The molecule has 18 heavy (non-hydrogen) atoms. The predicted molar refractivity (Wildman–Crippen MR) is 72.0 cm³/mol. The van der Waals surface area contributed by atoms with Gasteiger partial charge in [-0.25, -0.2) is 0 Å². The highest BCUT2D eigenvalue weighted by Crippen LogP contribution is 2.20. The Morgan fingerprint density at radius 1 is 1.44 bits per heavy atom. The normalized spacial score (nSPS) is 16.7. The van der Waals surface area contributed by atoms with Gasteiger partial charge >= 0.3 is 0 Å². The standard InChI is InChI=1S/C14H18ClNO2/c1-2-13(14(17)16-8-3-4-9-16)18-12-7-5-6-11(15)10-12/h5-7,10,13H,2-4,8-9H2,1H3/t13-/m1/s1. The molecule has 1 heterocycles. The topological polar surface area (TPSA) is 29.5 Å². The average molecular weight is 268 g/mol. The number of hydrogen-bond donors (Lipinski definition) is 0. The van der Waals surface area contributed by atoms with Gasteiger partial charge in [0.25, 0.3) is 5.91 Å². The summed E-state index contributed by atoms with van der Waals surface area (Å²) in [6.45, 7) is 3.67. The van der Waals surface area contributed by atoms with Crippen LogP contribution in [0.15, 0.2) is 24.3 Å². The second-order valence-electron chi connectivity index (χ2n) is 4.50. The molecule has 4 heteroatoms. The Hall–Kier alpha value is -1.22. The van der Waals surface area contributed by atoms with E-state index in [1.807, 2.05) is 24.0 Å². The van der Waals surface area contributed by atoms with Gasteiger partial charge in [-0.2, -0.15) is 0 Å². The van der Waals surface area contributed by atoms with Crippen LogP contribution in [-0.2, 0) is 4.79 Å². The van der Waals surface area contributed by atoms with Crippen molar-refractivity contribution in [3.63, 3.8) is 0 Å². The molecule has 1 atom stereocenters. The molecule has 0 bridgehead atoms. The van der Waals surface area contributed by atoms with Gasteiger partial charge in [0.1, 0.15) is 5.75 Å². The van der Waals surface area contributed by atoms with Crippen molar-refractivity contribution < 1.29 is 9.53 Å². The minimum atomic E-state index is -0.401. The number of rotatable bonds is 4. The number of benzene rings is 1. The van der Waals surface area contributed by atoms with Gasteiger partial charge in [0.05, 0.1) is 0 Å². The third kappa shape index (κ3) is 3.16. The van der Waals surface area contributed by atoms with Crippen LogP contribution < -0.4 is 4.74 Å². The maximum absolute atomic E-state index is 12.2. The minimum Gasteiger partial charge on any atom is -0.481 e. The van der Waals surface area contributed by atoms with Gasteiger partial charge < -0.3 is 9.64 Å². The van der Waals surface area contributed by atoms with E-state index in [1.165, 1.54) is 0 Å². The molecule has 0 spiro atoms. The summed E-state index contributed by atoms with van der Waals surface area (Å²) in [4.78, 5) is 14.1. The molecular formula is C14H18ClNO2. The van der Waals surface area contributed by atoms with Gasteiger partial charge in [-0.1, -0.05) is 24.6 Å². The van der Waals surface area contributed by atoms with Crippen LogP contribution in [0.2, 0.25) is 5.02 Å². The van der Waals surface area contributed by atoms with Gasteiger partial charge in [0, 0.05) is 18.1 Å². The molecule has 0 N–H and O–H groups in total. The Balaban J connectivity index is 2.02. The third-order valence-corrected chi connectivity index (χ3v) is 3.37. The lowest BCUT2D eigenvalue weighted by Gasteiger charge is -2.23. The molecule has 0 saturated carbocycles. The highest BCUT2D eigenvalue weighted by Gasteiger charge is 2.26. The molecule has 1 fully saturated rings. The molecule has 0 radical (unpaired) electrons. The van der Waals surface area contributed by atoms with E-state index in [1.54, 1.807) is 12.1 Å². The van der Waals surface area contributed by atoms with Crippen LogP contribution in [0, 0.1) is 0 Å². The van der Waals surface area contributed by atoms with E-state index in [9.17, 15) is 4.79 Å². The SMILES string of the molecule is CC[C@@H](Oc1cccc(Cl)c1)C(=O)N1CCCC1. The first-order chi connectivity index (χ1) is 8.70. The Morgan fingerprint density at radius 2 is 2.17 bits per heavy atom. The van der Waals surface area contributed by atoms with Gasteiger partial charge in [0.15, 0.2) is 6.10 Å². The van der Waals surface area contributed by atoms with E-state index in [0.29, 0.717) is 17.2 Å². The number of carbonyl (C=O) groups is 1. The van der Waals surface area contributed by atoms with Crippen molar-refractivity contribution >= 4 is 17.5 Å². The molecule has 1 aliphatic heterocycles. The molecule has 1 aromatic carbocycles. The van der Waals surface area contributed by atoms with Crippen LogP contribution in [0.4, 0.5) is 0 Å². The van der Waals surface area contributed by atoms with E-state index in [0.717, 1.165) is 25.9 Å². The summed E-state index contributed by atoms with van der Waals surface area (Å²) in [5.41, 5.74) is 0. The first kappa shape index (κ1) is 13.2. The fourth-order valence-electron chi connectivity index (χ4n) is 2.15. The number of carbonyl (C=O) groups excluding carboxylic acids is 1. The number of amides is 1. The van der Waals surface area contributed by atoms with Gasteiger partial charge in [-0.15, -0.1) is 0 Å². The Morgan fingerprint density at radius 3 is 2.78 bits per heavy atom. The third-order valence-electron chi connectivity index (χ3n) is 3.14. The fourth-order valence-corrected chi connectivity index (χ4v) is 2.33. The molecule has 98 valence electrons. The van der Waals surface area contributed by atoms with Crippen molar-refractivity contribution in [2.75, 3.05) is 13.1 Å². The van der Waals surface area contributed by atoms with Crippen molar-refractivity contribution in [2.45, 2.75) is 32.3 Å². The summed E-state index contributed by atoms with van der Waals surface area (Å²) in [6.07, 6.45) is 2.46. The lowest BCUT2D eigenvalue weighted by atomic mass is 10.2. The maximum Gasteiger partial charge on any atom is 0.263 e. The summed E-state index contributed by atoms with van der Waals surface area (Å²) in [5.74, 6) is 0.747. The molecule has 0 aliphatic carbocycles. The van der Waals surface area contributed by atoms with Crippen LogP contribution in [0.3, 0.4) is 0 Å². The minimum absolute atomic E-state index is 0.0926. The van der Waals surface area contributed by atoms with Crippen molar-refractivity contribution in [3.8, 4) is 5.75 Å². The molecular weight excluding hydrogens is 250 g/mol. The van der Waals surface area contributed by atoms with Crippen LogP contribution >= 0.6 is 11.6 Å². The first-order valence-electron chi connectivity index (χ1n) is 6.41. The van der Waals surface area contributed by atoms with Crippen molar-refractivity contribution in [2.24, 2.45) is 0 Å². The first-order valence-corrected chi connectivity index (χ1v) is 6.79. The summed E-state index contributed by atoms with van der Waals surface area (Å²) >= 11 is 5.90. The number of ether oxygens (including phenoxy) is 1. The van der Waals surface area contributed by atoms with E-state index >= 15 is 0 Å². The highest BCUT2D eigenvalue weighted by molar-refractivity contribution is 6.30. The molecule has 1 saturated heterocycles. The molecule has 1 aliphatic rings. The van der Waals surface area contributed by atoms with Crippen LogP contribution in [0.1, 0.15) is 26.2 Å². The average Bonchev–Trinajstić information content (AvgIpc) is 2.89. The van der Waals surface area contributed by atoms with E-state index in [-0.39, 0.29) is 5.91 Å². The second kappa shape index (κ2) is 6.10. The number of hydrogen-bond acceptors (Lipinski definition) is 2. The molecule has 1 aromatic rings. The predicted octanol–water partition coefficient (Wildman–Crippen LogP) is 3.12. The zero-order valence-electron chi connectivity index (χ0n) is 10.6. The highest BCUT2D eigenvalue weighted by atomic mass is 35.5. The van der Waals surface area contributed by atoms with Gasteiger partial charge in [0.2, 0.25) is 0 Å². The fraction of sp³-hybridized carbons (Fsp3) is 0.500. The van der Waals surface area contributed by atoms with E-state index < -0.39 is 6.10 Å². The van der Waals surface area contributed by atoms with Gasteiger partial charge in [-0.05, 0) is 37.5 Å². The Bertz CT molecular complexity index is 416. The summed E-state index contributed by atoms with van der Waals surface area (Å²) in [6, 6.07) is 7.18. The zero-order chi connectivity index (χ0) is 13.0. The van der Waals surface area contributed by atoms with Crippen LogP contribution in [0.5, 0.6) is 5.75 Å². The van der Waals surface area contributed by atoms with Crippen LogP contribution in [0.25, 0.3) is 0 Å². The quantitative estimate of drug-likeness (QED) is 0.839. The maximum atomic E-state index is 12.2. The summed E-state index contributed by atoms with van der Waals surface area (Å²) < 4.78 is 5.74. The lowest BCUT2D eigenvalue weighted by Crippen LogP contribution is -2.40. The zero-order valence-corrected chi connectivity index (χ0v) is 11.3. The Labute approximate surface area is 113 Å². The van der Waals surface area contributed by atoms with E-state index in [2.05, 4.69) is 0 Å². The van der Waals surface area contributed by atoms with Crippen molar-refractivity contribution in [3.05, 3.63) is 29.3 Å². The lowest BCUT2D eigenvalue weighted by molar-refractivity contribution is -0.137. The molecule has 0 aromatic heterocycles. The smallest absolute Gasteiger partial charge is 0.263 e. The van der Waals surface area contributed by atoms with Crippen molar-refractivity contribution in [1.29, 1.82) is 0 Å². The van der Waals surface area contributed by atoms with Gasteiger partial charge in [-0.3, -0.25) is 4.79 Å². The Kier molecular flexibility index (Phi) is 4.48. The summed E-state index contributed by atoms with van der Waals surface area (Å²) in [5, 5.41) is 0.621. The molecule has 0 unspecified atom stereocenters.